The summed E-state index contributed by atoms with van der Waals surface area (Å²) < 4.78 is 34.3. The summed E-state index contributed by atoms with van der Waals surface area (Å²) in [7, 11) is 3.14. The molecule has 0 N–H and O–H groups in total. The molecule has 0 saturated carbocycles. The average molecular weight is 1230 g/mol. The molecule has 446 valence electrons. The van der Waals surface area contributed by atoms with Crippen LogP contribution in [0.3, 0.4) is 0 Å². The van der Waals surface area contributed by atoms with E-state index in [4.69, 9.17) is 18.8 Å². The number of carbonyl (C=O) groups excluding carboxylic acids is 2. The van der Waals surface area contributed by atoms with Crippen molar-refractivity contribution in [3.63, 3.8) is 0 Å². The Kier molecular flexibility index (Phi) is 15.7. The number of aryl methyl sites for hydroxylation is 2. The standard InChI is InChI=1S/C28H29N7O3.C20H23BrN4O3.C14H18BN3O2/c1-28(2,3)38-27(37)33-13-10-20(17-33)35-25-21-14-18(6-8-22(21)29-16-23(25)32(4)26(35)36)19-7-9-24(30-15-19)34-12-5-11-31-34;1-20(2,3)28-19(27)24-8-7-13(11-24)25-17-14-9-12(21)5-6-15(14)22-10-16(17)23(4)18(25)26;1-13(2)14(3,4)20-15(19-13)11-6-7-12(16-10-11)18-9-5-8-17-18/h5-9,11-12,14-16,20H,10,13,17H2,1-4H3;5-6,9-10,13H,7-8,11H2,1-4H3;5-10H,1-4H3/t20-;13-;/m00./s1. The van der Waals surface area contributed by atoms with Crippen LogP contribution in [0.4, 0.5) is 9.59 Å². The predicted molar refractivity (Wildman–Crippen MR) is 333 cm³/mol. The van der Waals surface area contributed by atoms with E-state index >= 15 is 0 Å². The van der Waals surface area contributed by atoms with Crippen LogP contribution in [0.2, 0.25) is 0 Å². The fourth-order valence-corrected chi connectivity index (χ4v) is 11.3. The van der Waals surface area contributed by atoms with Gasteiger partial charge in [-0.3, -0.25) is 28.2 Å². The first-order valence-electron chi connectivity index (χ1n) is 28.6. The van der Waals surface area contributed by atoms with E-state index in [1.165, 1.54) is 0 Å². The topological polar surface area (TPSA) is 219 Å². The summed E-state index contributed by atoms with van der Waals surface area (Å²) in [6.07, 6.45) is 14.9. The number of nitrogens with zero attached hydrogens (tertiary/aromatic N) is 14. The third kappa shape index (κ3) is 11.8. The quantitative estimate of drug-likeness (QED) is 0.142. The highest BCUT2D eigenvalue weighted by Gasteiger charge is 2.52. The normalized spacial score (nSPS) is 17.5. The molecular weight excluding hydrogens is 1160 g/mol. The van der Waals surface area contributed by atoms with Crippen molar-refractivity contribution in [2.45, 2.75) is 117 Å². The van der Waals surface area contributed by atoms with Crippen molar-refractivity contribution >= 4 is 84.6 Å². The van der Waals surface area contributed by atoms with E-state index in [1.807, 2.05) is 164 Å². The van der Waals surface area contributed by atoms with Crippen molar-refractivity contribution in [2.24, 2.45) is 14.1 Å². The zero-order chi connectivity index (χ0) is 61.2. The van der Waals surface area contributed by atoms with Gasteiger partial charge in [0.05, 0.1) is 68.8 Å². The summed E-state index contributed by atoms with van der Waals surface area (Å²) in [6, 6.07) is 23.2. The van der Waals surface area contributed by atoms with Gasteiger partial charge in [0.25, 0.3) is 0 Å². The highest BCUT2D eigenvalue weighted by atomic mass is 79.9. The lowest BCUT2D eigenvalue weighted by Gasteiger charge is -2.32. The molecule has 0 bridgehead atoms. The first kappa shape index (κ1) is 59.3. The smallest absolute Gasteiger partial charge is 0.444 e. The van der Waals surface area contributed by atoms with Crippen LogP contribution < -0.4 is 16.8 Å². The minimum absolute atomic E-state index is 0.0969. The lowest BCUT2D eigenvalue weighted by Crippen LogP contribution is -2.41. The van der Waals surface area contributed by atoms with Crippen molar-refractivity contribution in [2.75, 3.05) is 26.2 Å². The van der Waals surface area contributed by atoms with Crippen LogP contribution in [-0.4, -0.2) is 135 Å². The molecule has 3 saturated heterocycles. The van der Waals surface area contributed by atoms with E-state index in [9.17, 15) is 19.2 Å². The van der Waals surface area contributed by atoms with Crippen LogP contribution >= 0.6 is 15.9 Å². The number of hydrogen-bond donors (Lipinski definition) is 0. The summed E-state index contributed by atoms with van der Waals surface area (Å²) in [6.45, 7) is 21.2. The third-order valence-electron chi connectivity index (χ3n) is 16.0. The summed E-state index contributed by atoms with van der Waals surface area (Å²) >= 11 is 3.52. The Labute approximate surface area is 505 Å². The van der Waals surface area contributed by atoms with Gasteiger partial charge in [-0.1, -0.05) is 28.1 Å². The lowest BCUT2D eigenvalue weighted by atomic mass is 9.80. The molecule has 0 spiro atoms. The van der Waals surface area contributed by atoms with E-state index in [2.05, 4.69) is 52.1 Å². The van der Waals surface area contributed by atoms with E-state index in [0.717, 1.165) is 76.6 Å². The Morgan fingerprint density at radius 3 is 1.51 bits per heavy atom. The Morgan fingerprint density at radius 2 is 1.07 bits per heavy atom. The van der Waals surface area contributed by atoms with Crippen LogP contribution in [0.15, 0.2) is 136 Å². The molecule has 0 aliphatic carbocycles. The molecule has 3 fully saturated rings. The predicted octanol–water partition coefficient (Wildman–Crippen LogP) is 9.72. The molecule has 86 heavy (non-hydrogen) atoms. The first-order chi connectivity index (χ1) is 40.7. The van der Waals surface area contributed by atoms with Crippen LogP contribution in [0.1, 0.15) is 94.2 Å². The number of likely N-dealkylation sites (tertiary alicyclic amines) is 2. The maximum Gasteiger partial charge on any atom is 0.496 e. The second-order valence-electron chi connectivity index (χ2n) is 24.9. The number of aromatic nitrogens is 12. The highest BCUT2D eigenvalue weighted by molar-refractivity contribution is 9.10. The minimum Gasteiger partial charge on any atom is -0.444 e. The van der Waals surface area contributed by atoms with Crippen LogP contribution in [0.25, 0.3) is 66.6 Å². The van der Waals surface area contributed by atoms with Gasteiger partial charge in [-0.15, -0.1) is 0 Å². The van der Waals surface area contributed by atoms with Gasteiger partial charge in [-0.05, 0) is 148 Å². The molecule has 3 aliphatic heterocycles. The van der Waals surface area contributed by atoms with E-state index < -0.39 is 11.2 Å². The lowest BCUT2D eigenvalue weighted by molar-refractivity contribution is 0.00578. The van der Waals surface area contributed by atoms with Crippen molar-refractivity contribution < 1.29 is 28.4 Å². The summed E-state index contributed by atoms with van der Waals surface area (Å²) in [5.74, 6) is 1.51. The Balaban J connectivity index is 0.000000141. The van der Waals surface area contributed by atoms with Crippen LogP contribution in [0.5, 0.6) is 0 Å². The number of benzene rings is 2. The first-order valence-corrected chi connectivity index (χ1v) is 29.4. The Bertz CT molecular complexity index is 4260. The molecule has 0 unspecified atom stereocenters. The van der Waals surface area contributed by atoms with Crippen LogP contribution in [0, 0.1) is 0 Å². The van der Waals surface area contributed by atoms with Gasteiger partial charge < -0.3 is 28.6 Å². The molecule has 2 amide bonds. The van der Waals surface area contributed by atoms with Gasteiger partial charge >= 0.3 is 30.7 Å². The summed E-state index contributed by atoms with van der Waals surface area (Å²) in [5.41, 5.74) is 5.66. The molecule has 2 aromatic carbocycles. The number of amides is 2. The number of ether oxygens (including phenoxy) is 2. The molecule has 13 rings (SSSR count). The minimum atomic E-state index is -0.574. The zero-order valence-electron chi connectivity index (χ0n) is 50.4. The summed E-state index contributed by atoms with van der Waals surface area (Å²) in [4.78, 5) is 73.1. The van der Waals surface area contributed by atoms with Crippen molar-refractivity contribution in [3.05, 3.63) is 148 Å². The van der Waals surface area contributed by atoms with E-state index in [0.29, 0.717) is 39.0 Å². The summed E-state index contributed by atoms with van der Waals surface area (Å²) in [5, 5.41) is 10.2. The monoisotopic (exact) mass is 1230 g/mol. The number of imidazole rings is 2. The molecule has 3 aliphatic rings. The second-order valence-corrected chi connectivity index (χ2v) is 25.8. The van der Waals surface area contributed by atoms with Crippen molar-refractivity contribution in [1.82, 2.24) is 67.6 Å². The number of carbonyl (C=O) groups is 2. The van der Waals surface area contributed by atoms with Gasteiger partial charge in [-0.25, -0.2) is 38.5 Å². The van der Waals surface area contributed by atoms with Gasteiger partial charge in [-0.2, -0.15) is 10.2 Å². The van der Waals surface area contributed by atoms with Crippen LogP contribution in [-0.2, 0) is 32.9 Å². The average Bonchev–Trinajstić information content (AvgIpc) is 2.35. The number of pyridine rings is 4. The fourth-order valence-electron chi connectivity index (χ4n) is 10.9. The molecule has 22 nitrogen and oxygen atoms in total. The van der Waals surface area contributed by atoms with Crippen molar-refractivity contribution in [3.8, 4) is 22.8 Å². The Hall–Kier alpha value is -8.48. The number of halogens is 1. The second kappa shape index (κ2) is 22.7. The van der Waals surface area contributed by atoms with Gasteiger partial charge in [0.1, 0.15) is 11.2 Å². The highest BCUT2D eigenvalue weighted by Crippen LogP contribution is 2.37. The fraction of sp³-hybridized carbons (Fsp3) is 0.387. The zero-order valence-corrected chi connectivity index (χ0v) is 52.0. The van der Waals surface area contributed by atoms with E-state index in [1.54, 1.807) is 73.4 Å². The van der Waals surface area contributed by atoms with Gasteiger partial charge in [0.15, 0.2) is 11.6 Å². The SMILES string of the molecule is CC1(C)OB(c2ccc(-n3cccn3)nc2)OC1(C)C.Cn1c(=O)n([C@H]2CCN(C(=O)OC(C)(C)C)C2)c2c3cc(-c4ccc(-n5cccn5)nc4)ccc3ncc21.Cn1c(=O)n([C@H]2CCN(C(=O)OC(C)(C)C)C2)c2c3cc(Br)ccc3ncc21. The Morgan fingerprint density at radius 1 is 0.605 bits per heavy atom. The molecule has 24 heteroatoms. The molecule has 10 aromatic rings. The molecule has 11 heterocycles. The van der Waals surface area contributed by atoms with E-state index in [-0.39, 0.29) is 54.0 Å². The molecule has 0 radical (unpaired) electrons. The van der Waals surface area contributed by atoms with Crippen molar-refractivity contribution in [1.29, 1.82) is 0 Å². The largest absolute Gasteiger partial charge is 0.496 e. The molecule has 2 atom stereocenters. The van der Waals surface area contributed by atoms with Gasteiger partial charge in [0.2, 0.25) is 0 Å². The third-order valence-corrected chi connectivity index (χ3v) is 16.5. The molecule has 8 aromatic heterocycles. The number of fused-ring (bicyclic) bond motifs is 6. The maximum absolute atomic E-state index is 13.5. The number of rotatable bonds is 6. The number of hydrogen-bond acceptors (Lipinski definition) is 14. The maximum atomic E-state index is 13.5. The van der Waals surface area contributed by atoms with Gasteiger partial charge in [0, 0.05) is 104 Å². The molecular formula is C62H70BBrN14O8.